The summed E-state index contributed by atoms with van der Waals surface area (Å²) in [5.41, 5.74) is 4.24. The predicted molar refractivity (Wildman–Crippen MR) is 117 cm³/mol. The number of aromatic nitrogens is 2. The second-order valence-electron chi connectivity index (χ2n) is 6.88. The van der Waals surface area contributed by atoms with E-state index in [-0.39, 0.29) is 5.56 Å². The van der Waals surface area contributed by atoms with E-state index in [4.69, 9.17) is 9.47 Å². The van der Waals surface area contributed by atoms with Gasteiger partial charge in [-0.15, -0.1) is 11.3 Å². The maximum absolute atomic E-state index is 13.2. The number of rotatable bonds is 6. The highest BCUT2D eigenvalue weighted by Crippen LogP contribution is 2.31. The average molecular weight is 407 g/mol. The molecule has 0 spiro atoms. The maximum Gasteiger partial charge on any atom is 0.262 e. The van der Waals surface area contributed by atoms with Gasteiger partial charge in [0.25, 0.3) is 5.56 Å². The van der Waals surface area contributed by atoms with E-state index in [1.807, 2.05) is 23.6 Å². The number of methoxy groups -OCH3 is 2. The second-order valence-corrected chi connectivity index (χ2v) is 7.74. The van der Waals surface area contributed by atoms with Crippen LogP contribution in [0.25, 0.3) is 21.3 Å². The van der Waals surface area contributed by atoms with Gasteiger partial charge in [0.1, 0.15) is 4.83 Å². The van der Waals surface area contributed by atoms with Crippen molar-refractivity contribution in [1.29, 1.82) is 0 Å². The Kier molecular flexibility index (Phi) is 5.36. The van der Waals surface area contributed by atoms with Crippen LogP contribution in [0.15, 0.2) is 59.0 Å². The zero-order valence-corrected chi connectivity index (χ0v) is 17.5. The zero-order valence-electron chi connectivity index (χ0n) is 16.6. The van der Waals surface area contributed by atoms with Gasteiger partial charge in [-0.1, -0.05) is 35.9 Å². The van der Waals surface area contributed by atoms with E-state index in [0.29, 0.717) is 29.9 Å². The van der Waals surface area contributed by atoms with Gasteiger partial charge in [-0.05, 0) is 36.6 Å². The first-order valence-electron chi connectivity index (χ1n) is 9.35. The molecule has 0 amide bonds. The van der Waals surface area contributed by atoms with Crippen molar-refractivity contribution in [1.82, 2.24) is 9.55 Å². The van der Waals surface area contributed by atoms with Crippen LogP contribution in [0.2, 0.25) is 0 Å². The molecule has 0 aliphatic heterocycles. The Hall–Kier alpha value is -3.12. The molecule has 0 N–H and O–H groups in total. The first kappa shape index (κ1) is 19.2. The molecule has 29 heavy (non-hydrogen) atoms. The summed E-state index contributed by atoms with van der Waals surface area (Å²) in [6.07, 6.45) is 2.33. The first-order valence-corrected chi connectivity index (χ1v) is 10.2. The van der Waals surface area contributed by atoms with Crippen LogP contribution >= 0.6 is 11.3 Å². The molecule has 2 aromatic heterocycles. The predicted octanol–water partition coefficient (Wildman–Crippen LogP) is 4.69. The summed E-state index contributed by atoms with van der Waals surface area (Å²) in [4.78, 5) is 18.5. The van der Waals surface area contributed by atoms with Crippen molar-refractivity contribution in [2.45, 2.75) is 19.9 Å². The molecule has 4 aromatic rings. The van der Waals surface area contributed by atoms with Crippen molar-refractivity contribution in [3.8, 4) is 22.6 Å². The van der Waals surface area contributed by atoms with Crippen molar-refractivity contribution in [2.75, 3.05) is 14.2 Å². The Labute approximate surface area is 173 Å². The monoisotopic (exact) mass is 406 g/mol. The molecule has 2 aromatic carbocycles. The van der Waals surface area contributed by atoms with Crippen molar-refractivity contribution in [3.05, 3.63) is 75.7 Å². The minimum Gasteiger partial charge on any atom is -0.493 e. The number of benzene rings is 2. The van der Waals surface area contributed by atoms with E-state index in [2.05, 4.69) is 36.2 Å². The third kappa shape index (κ3) is 3.76. The highest BCUT2D eigenvalue weighted by atomic mass is 32.1. The minimum absolute atomic E-state index is 0.00713. The van der Waals surface area contributed by atoms with Crippen molar-refractivity contribution in [3.63, 3.8) is 0 Å². The molecule has 0 aliphatic rings. The van der Waals surface area contributed by atoms with Gasteiger partial charge in [-0.2, -0.15) is 0 Å². The Bertz CT molecular complexity index is 1210. The summed E-state index contributed by atoms with van der Waals surface area (Å²) >= 11 is 1.50. The van der Waals surface area contributed by atoms with Crippen LogP contribution in [0.3, 0.4) is 0 Å². The van der Waals surface area contributed by atoms with Crippen LogP contribution in [-0.4, -0.2) is 23.8 Å². The largest absolute Gasteiger partial charge is 0.493 e. The Morgan fingerprint density at radius 2 is 1.79 bits per heavy atom. The van der Waals surface area contributed by atoms with Crippen LogP contribution in [0, 0.1) is 6.92 Å². The van der Waals surface area contributed by atoms with Gasteiger partial charge >= 0.3 is 0 Å². The van der Waals surface area contributed by atoms with Crippen LogP contribution < -0.4 is 15.0 Å². The fourth-order valence-electron chi connectivity index (χ4n) is 3.36. The highest BCUT2D eigenvalue weighted by Gasteiger charge is 2.13. The van der Waals surface area contributed by atoms with Gasteiger partial charge < -0.3 is 9.47 Å². The fourth-order valence-corrected chi connectivity index (χ4v) is 4.26. The highest BCUT2D eigenvalue weighted by molar-refractivity contribution is 7.17. The molecule has 5 nitrogen and oxygen atoms in total. The Balaban J connectivity index is 1.65. The summed E-state index contributed by atoms with van der Waals surface area (Å²) in [6.45, 7) is 2.60. The van der Waals surface area contributed by atoms with E-state index in [9.17, 15) is 4.79 Å². The average Bonchev–Trinajstić information content (AvgIpc) is 3.18. The molecular weight excluding hydrogens is 384 g/mol. The lowest BCUT2D eigenvalue weighted by molar-refractivity contribution is 0.354. The van der Waals surface area contributed by atoms with E-state index in [1.54, 1.807) is 25.1 Å². The first-order chi connectivity index (χ1) is 14.1. The molecule has 0 atom stereocenters. The molecule has 0 radical (unpaired) electrons. The molecule has 4 rings (SSSR count). The normalized spacial score (nSPS) is 11.0. The molecular formula is C23H22N2O3S. The SMILES string of the molecule is COc1ccc(CCn2cnc3scc(-c4ccc(C)cc4)c3c2=O)cc1OC. The van der Waals surface area contributed by atoms with E-state index < -0.39 is 0 Å². The third-order valence-corrected chi connectivity index (χ3v) is 5.90. The van der Waals surface area contributed by atoms with Gasteiger partial charge in [0.05, 0.1) is 25.9 Å². The quantitative estimate of drug-likeness (QED) is 0.466. The summed E-state index contributed by atoms with van der Waals surface area (Å²) in [5, 5.41) is 2.70. The lowest BCUT2D eigenvalue weighted by Gasteiger charge is -2.10. The van der Waals surface area contributed by atoms with E-state index in [0.717, 1.165) is 21.5 Å². The number of hydrogen-bond acceptors (Lipinski definition) is 5. The Morgan fingerprint density at radius 1 is 1.03 bits per heavy atom. The molecule has 0 saturated carbocycles. The molecule has 2 heterocycles. The van der Waals surface area contributed by atoms with Gasteiger partial charge in [-0.25, -0.2) is 4.98 Å². The molecule has 148 valence electrons. The molecule has 6 heteroatoms. The number of fused-ring (bicyclic) bond motifs is 1. The number of nitrogens with zero attached hydrogens (tertiary/aromatic N) is 2. The molecule has 0 fully saturated rings. The Morgan fingerprint density at radius 3 is 2.52 bits per heavy atom. The lowest BCUT2D eigenvalue weighted by Crippen LogP contribution is -2.21. The van der Waals surface area contributed by atoms with Gasteiger partial charge in [0, 0.05) is 17.5 Å². The number of thiophene rings is 1. The summed E-state index contributed by atoms with van der Waals surface area (Å²) < 4.78 is 12.3. The van der Waals surface area contributed by atoms with Crippen LogP contribution in [-0.2, 0) is 13.0 Å². The van der Waals surface area contributed by atoms with Crippen LogP contribution in [0.1, 0.15) is 11.1 Å². The van der Waals surface area contributed by atoms with Crippen molar-refractivity contribution in [2.24, 2.45) is 0 Å². The maximum atomic E-state index is 13.2. The van der Waals surface area contributed by atoms with E-state index in [1.165, 1.54) is 16.9 Å². The number of aryl methyl sites for hydroxylation is 3. The number of hydrogen-bond donors (Lipinski definition) is 0. The van der Waals surface area contributed by atoms with Crippen molar-refractivity contribution >= 4 is 21.6 Å². The van der Waals surface area contributed by atoms with Gasteiger partial charge in [0.2, 0.25) is 0 Å². The molecule has 0 aliphatic carbocycles. The summed E-state index contributed by atoms with van der Waals surface area (Å²) in [6, 6.07) is 14.0. The third-order valence-electron chi connectivity index (χ3n) is 5.01. The zero-order chi connectivity index (χ0) is 20.4. The minimum atomic E-state index is -0.00713. The summed E-state index contributed by atoms with van der Waals surface area (Å²) in [7, 11) is 3.23. The number of ether oxygens (including phenoxy) is 2. The molecule has 0 unspecified atom stereocenters. The van der Waals surface area contributed by atoms with Gasteiger partial charge in [0.15, 0.2) is 11.5 Å². The summed E-state index contributed by atoms with van der Waals surface area (Å²) in [5.74, 6) is 1.38. The second kappa shape index (κ2) is 8.09. The van der Waals surface area contributed by atoms with Crippen LogP contribution in [0.5, 0.6) is 11.5 Å². The lowest BCUT2D eigenvalue weighted by atomic mass is 10.1. The van der Waals surface area contributed by atoms with Crippen molar-refractivity contribution < 1.29 is 9.47 Å². The smallest absolute Gasteiger partial charge is 0.262 e. The topological polar surface area (TPSA) is 53.4 Å². The van der Waals surface area contributed by atoms with Crippen LogP contribution in [0.4, 0.5) is 0 Å². The molecule has 0 saturated heterocycles. The standard InChI is InChI=1S/C23H22N2O3S/c1-15-4-7-17(8-5-15)18-13-29-22-21(18)23(26)25(14-24-22)11-10-16-6-9-19(27-2)20(12-16)28-3/h4-9,12-14H,10-11H2,1-3H3. The molecule has 0 bridgehead atoms. The van der Waals surface area contributed by atoms with Gasteiger partial charge in [-0.3, -0.25) is 9.36 Å². The van der Waals surface area contributed by atoms with E-state index >= 15 is 0 Å². The fraction of sp³-hybridized carbons (Fsp3) is 0.217.